The second kappa shape index (κ2) is 11.8. The number of thiol groups is 1. The molecule has 1 aromatic rings. The lowest BCUT2D eigenvalue weighted by Gasteiger charge is -2.35. The van der Waals surface area contributed by atoms with Crippen molar-refractivity contribution in [3.63, 3.8) is 0 Å². The van der Waals surface area contributed by atoms with Gasteiger partial charge in [0.15, 0.2) is 0 Å². The molecule has 1 aromatic carbocycles. The summed E-state index contributed by atoms with van der Waals surface area (Å²) >= 11 is 4.31. The van der Waals surface area contributed by atoms with E-state index in [1.54, 1.807) is 25.7 Å². The molecule has 0 aromatic heterocycles. The van der Waals surface area contributed by atoms with Crippen LogP contribution in [0, 0.1) is 6.92 Å². The van der Waals surface area contributed by atoms with Crippen LogP contribution in [0.1, 0.15) is 77.5 Å². The van der Waals surface area contributed by atoms with E-state index in [0.29, 0.717) is 0 Å². The number of amides is 3. The van der Waals surface area contributed by atoms with E-state index in [1.165, 1.54) is 0 Å². The van der Waals surface area contributed by atoms with Gasteiger partial charge in [0.1, 0.15) is 17.7 Å². The first-order valence-corrected chi connectivity index (χ1v) is 12.4. The average Bonchev–Trinajstić information content (AvgIpc) is 3.53. The van der Waals surface area contributed by atoms with Gasteiger partial charge >= 0.3 is 6.09 Å². The van der Waals surface area contributed by atoms with Crippen molar-refractivity contribution in [2.24, 2.45) is 0 Å². The van der Waals surface area contributed by atoms with Crippen LogP contribution in [-0.2, 0) is 14.3 Å². The van der Waals surface area contributed by atoms with Crippen molar-refractivity contribution in [1.29, 1.82) is 0 Å². The summed E-state index contributed by atoms with van der Waals surface area (Å²) in [5, 5.41) is 5.73. The maximum Gasteiger partial charge on any atom is 0.408 e. The molecule has 1 saturated carbocycles. The van der Waals surface area contributed by atoms with Crippen LogP contribution in [-0.4, -0.2) is 52.3 Å². The summed E-state index contributed by atoms with van der Waals surface area (Å²) in [6.07, 6.45) is 2.75. The summed E-state index contributed by atoms with van der Waals surface area (Å²) in [6, 6.07) is 5.91. The van der Waals surface area contributed by atoms with Gasteiger partial charge in [0.2, 0.25) is 11.8 Å². The first-order chi connectivity index (χ1) is 15.5. The fourth-order valence-electron chi connectivity index (χ4n) is 3.79. The molecule has 0 aliphatic heterocycles. The van der Waals surface area contributed by atoms with Crippen molar-refractivity contribution in [1.82, 2.24) is 15.5 Å². The molecule has 3 amide bonds. The number of nitrogens with zero attached hydrogens (tertiary/aromatic N) is 1. The lowest BCUT2D eigenvalue weighted by molar-refractivity contribution is -0.143. The van der Waals surface area contributed by atoms with E-state index in [-0.39, 0.29) is 29.7 Å². The third kappa shape index (κ3) is 8.25. The fourth-order valence-corrected chi connectivity index (χ4v) is 4.04. The first-order valence-electron chi connectivity index (χ1n) is 11.8. The number of benzene rings is 1. The Morgan fingerprint density at radius 1 is 1.21 bits per heavy atom. The first kappa shape index (κ1) is 27.0. The van der Waals surface area contributed by atoms with Crippen molar-refractivity contribution < 1.29 is 19.1 Å². The highest BCUT2D eigenvalue weighted by Crippen LogP contribution is 2.36. The predicted molar refractivity (Wildman–Crippen MR) is 133 cm³/mol. The van der Waals surface area contributed by atoms with E-state index in [0.717, 1.165) is 36.8 Å². The van der Waals surface area contributed by atoms with E-state index in [1.807, 2.05) is 38.1 Å². The molecule has 1 aliphatic carbocycles. The van der Waals surface area contributed by atoms with Crippen molar-refractivity contribution in [3.05, 3.63) is 35.4 Å². The molecule has 2 N–H and O–H groups in total. The molecule has 0 heterocycles. The van der Waals surface area contributed by atoms with Crippen LogP contribution < -0.4 is 10.6 Å². The SMILES string of the molecule is CCCC(C)NC(=O)C(c1cccc(C)c1)N(C(=O)C(CS)NC(=O)OC(C)(C)C)C1CC1. The zero-order valence-corrected chi connectivity index (χ0v) is 21.6. The van der Waals surface area contributed by atoms with Gasteiger partial charge in [-0.2, -0.15) is 12.6 Å². The highest BCUT2D eigenvalue weighted by Gasteiger charge is 2.44. The van der Waals surface area contributed by atoms with Crippen LogP contribution in [0.5, 0.6) is 0 Å². The van der Waals surface area contributed by atoms with Gasteiger partial charge in [-0.05, 0) is 59.4 Å². The van der Waals surface area contributed by atoms with Gasteiger partial charge in [-0.25, -0.2) is 4.79 Å². The maximum absolute atomic E-state index is 13.7. The zero-order valence-electron chi connectivity index (χ0n) is 20.7. The number of ether oxygens (including phenoxy) is 1. The minimum atomic E-state index is -0.906. The molecule has 1 aliphatic rings. The van der Waals surface area contributed by atoms with Crippen molar-refractivity contribution >= 4 is 30.5 Å². The van der Waals surface area contributed by atoms with Crippen LogP contribution in [0.3, 0.4) is 0 Å². The third-order valence-electron chi connectivity index (χ3n) is 5.36. The summed E-state index contributed by atoms with van der Waals surface area (Å²) in [5.41, 5.74) is 1.07. The van der Waals surface area contributed by atoms with Gasteiger partial charge in [0.25, 0.3) is 0 Å². The average molecular weight is 478 g/mol. The topological polar surface area (TPSA) is 87.7 Å². The summed E-state index contributed by atoms with van der Waals surface area (Å²) in [4.78, 5) is 41.2. The molecule has 2 rings (SSSR count). The third-order valence-corrected chi connectivity index (χ3v) is 5.73. The minimum absolute atomic E-state index is 0.00784. The normalized spacial score (nSPS) is 16.3. The van der Waals surface area contributed by atoms with Crippen molar-refractivity contribution in [2.75, 3.05) is 5.75 Å². The largest absolute Gasteiger partial charge is 0.444 e. The Hall–Kier alpha value is -2.22. The van der Waals surface area contributed by atoms with Gasteiger partial charge in [0, 0.05) is 17.8 Å². The molecular formula is C25H39N3O4S. The van der Waals surface area contributed by atoms with E-state index in [4.69, 9.17) is 4.74 Å². The number of aryl methyl sites for hydroxylation is 1. The monoisotopic (exact) mass is 477 g/mol. The Kier molecular flexibility index (Phi) is 9.64. The molecule has 184 valence electrons. The van der Waals surface area contributed by atoms with Crippen LogP contribution >= 0.6 is 12.6 Å². The lowest BCUT2D eigenvalue weighted by Crippen LogP contribution is -2.55. The predicted octanol–water partition coefficient (Wildman–Crippen LogP) is 4.16. The van der Waals surface area contributed by atoms with Crippen molar-refractivity contribution in [2.45, 2.75) is 97.0 Å². The number of hydrogen-bond donors (Lipinski definition) is 3. The lowest BCUT2D eigenvalue weighted by atomic mass is 10.00. The molecule has 0 spiro atoms. The molecule has 8 heteroatoms. The molecule has 0 bridgehead atoms. The van der Waals surface area contributed by atoms with Crippen LogP contribution in [0.25, 0.3) is 0 Å². The summed E-state index contributed by atoms with van der Waals surface area (Å²) in [6.45, 7) is 11.3. The minimum Gasteiger partial charge on any atom is -0.444 e. The summed E-state index contributed by atoms with van der Waals surface area (Å²) in [5.74, 6) is -0.449. The molecule has 3 unspecified atom stereocenters. The van der Waals surface area contributed by atoms with Gasteiger partial charge in [0.05, 0.1) is 0 Å². The smallest absolute Gasteiger partial charge is 0.408 e. The Bertz CT molecular complexity index is 835. The number of rotatable bonds is 10. The summed E-state index contributed by atoms with van der Waals surface area (Å²) in [7, 11) is 0. The number of alkyl carbamates (subject to hydrolysis) is 1. The molecule has 0 saturated heterocycles. The molecule has 0 radical (unpaired) electrons. The molecule has 7 nitrogen and oxygen atoms in total. The Morgan fingerprint density at radius 3 is 2.39 bits per heavy atom. The van der Waals surface area contributed by atoms with E-state index >= 15 is 0 Å². The fraction of sp³-hybridized carbons (Fsp3) is 0.640. The van der Waals surface area contributed by atoms with Gasteiger partial charge in [-0.1, -0.05) is 43.2 Å². The summed E-state index contributed by atoms with van der Waals surface area (Å²) < 4.78 is 5.33. The number of nitrogens with one attached hydrogen (secondary N) is 2. The number of hydrogen-bond acceptors (Lipinski definition) is 5. The van der Waals surface area contributed by atoms with E-state index < -0.39 is 23.8 Å². The quantitative estimate of drug-likeness (QED) is 0.442. The van der Waals surface area contributed by atoms with E-state index in [9.17, 15) is 14.4 Å². The molecule has 33 heavy (non-hydrogen) atoms. The molecule has 3 atom stereocenters. The second-order valence-corrected chi connectivity index (χ2v) is 10.2. The maximum atomic E-state index is 13.7. The molecular weight excluding hydrogens is 438 g/mol. The second-order valence-electron chi connectivity index (χ2n) is 9.87. The highest BCUT2D eigenvalue weighted by molar-refractivity contribution is 7.80. The zero-order chi connectivity index (χ0) is 24.8. The number of carbonyl (C=O) groups is 3. The van der Waals surface area contributed by atoms with Gasteiger partial charge < -0.3 is 20.3 Å². The Morgan fingerprint density at radius 2 is 1.88 bits per heavy atom. The van der Waals surface area contributed by atoms with Crippen LogP contribution in [0.4, 0.5) is 4.79 Å². The van der Waals surface area contributed by atoms with Crippen molar-refractivity contribution in [3.8, 4) is 0 Å². The molecule has 1 fully saturated rings. The highest BCUT2D eigenvalue weighted by atomic mass is 32.1. The van der Waals surface area contributed by atoms with Gasteiger partial charge in [-0.15, -0.1) is 0 Å². The van der Waals surface area contributed by atoms with Crippen LogP contribution in [0.15, 0.2) is 24.3 Å². The Labute approximate surface area is 203 Å². The Balaban J connectivity index is 2.36. The number of carbonyl (C=O) groups excluding carboxylic acids is 3. The van der Waals surface area contributed by atoms with E-state index in [2.05, 4.69) is 30.2 Å². The van der Waals surface area contributed by atoms with Crippen LogP contribution in [0.2, 0.25) is 0 Å². The van der Waals surface area contributed by atoms with Gasteiger partial charge in [-0.3, -0.25) is 9.59 Å². The standard InChI is InChI=1S/C25H39N3O4S/c1-7-9-17(3)26-22(29)21(18-11-8-10-16(2)14-18)28(19-12-13-19)23(30)20(15-33)27-24(31)32-25(4,5)6/h8,10-11,14,17,19-21,33H,7,9,12-13,15H2,1-6H3,(H,26,29)(H,27,31).